The molecule has 1 amide bonds. The smallest absolute Gasteiger partial charge is 0.273 e. The minimum Gasteiger partial charge on any atom is -0.396 e. The summed E-state index contributed by atoms with van der Waals surface area (Å²) in [5.74, 6) is -0.164. The van der Waals surface area contributed by atoms with Crippen LogP contribution < -0.4 is 11.1 Å². The van der Waals surface area contributed by atoms with Gasteiger partial charge in [0.15, 0.2) is 5.69 Å². The number of nitrogens with one attached hydrogen (secondary N) is 1. The molecule has 17 heavy (non-hydrogen) atoms. The van der Waals surface area contributed by atoms with Crippen molar-refractivity contribution in [1.82, 2.24) is 15.1 Å². The Hall–Kier alpha value is -1.52. The zero-order chi connectivity index (χ0) is 12.5. The summed E-state index contributed by atoms with van der Waals surface area (Å²) in [6.07, 6.45) is 5.33. The molecule has 0 spiro atoms. The summed E-state index contributed by atoms with van der Waals surface area (Å²) in [6.45, 7) is 5.59. The molecule has 0 atom stereocenters. The number of nitrogen functional groups attached to an aromatic ring is 1. The molecule has 0 unspecified atom stereocenters. The van der Waals surface area contributed by atoms with Crippen molar-refractivity contribution in [3.63, 3.8) is 0 Å². The second-order valence-corrected chi connectivity index (χ2v) is 5.14. The molecular formula is C12H20N4O. The predicted octanol–water partition coefficient (Wildman–Crippen LogP) is 1.41. The molecule has 0 bridgehead atoms. The maximum Gasteiger partial charge on any atom is 0.273 e. The Balaban J connectivity index is 1.96. The van der Waals surface area contributed by atoms with Gasteiger partial charge in [-0.15, -0.1) is 0 Å². The third-order valence-electron chi connectivity index (χ3n) is 3.57. The second-order valence-electron chi connectivity index (χ2n) is 5.14. The number of hydrogen-bond acceptors (Lipinski definition) is 3. The van der Waals surface area contributed by atoms with Crippen LogP contribution in [0.1, 0.15) is 43.6 Å². The van der Waals surface area contributed by atoms with Crippen LogP contribution in [-0.4, -0.2) is 22.2 Å². The monoisotopic (exact) mass is 236 g/mol. The summed E-state index contributed by atoms with van der Waals surface area (Å²) < 4.78 is 1.68. The highest BCUT2D eigenvalue weighted by Gasteiger charge is 2.32. The molecule has 2 rings (SSSR count). The van der Waals surface area contributed by atoms with Crippen LogP contribution in [-0.2, 0) is 6.54 Å². The number of rotatable bonds is 4. The van der Waals surface area contributed by atoms with Crippen molar-refractivity contribution < 1.29 is 4.79 Å². The van der Waals surface area contributed by atoms with Crippen molar-refractivity contribution in [2.75, 3.05) is 12.3 Å². The minimum absolute atomic E-state index is 0.164. The zero-order valence-corrected chi connectivity index (χ0v) is 10.5. The van der Waals surface area contributed by atoms with Gasteiger partial charge in [-0.25, -0.2) is 0 Å². The highest BCUT2D eigenvalue weighted by Crippen LogP contribution is 2.39. The fourth-order valence-corrected chi connectivity index (χ4v) is 2.11. The molecule has 0 aliphatic heterocycles. The van der Waals surface area contributed by atoms with Crippen molar-refractivity contribution in [1.29, 1.82) is 0 Å². The number of nitrogens with zero attached hydrogens (tertiary/aromatic N) is 2. The van der Waals surface area contributed by atoms with Gasteiger partial charge in [-0.3, -0.25) is 9.48 Å². The Morgan fingerprint density at radius 1 is 1.65 bits per heavy atom. The van der Waals surface area contributed by atoms with Crippen molar-refractivity contribution in [3.8, 4) is 0 Å². The molecule has 1 aliphatic rings. The van der Waals surface area contributed by atoms with E-state index in [0.29, 0.717) is 17.9 Å². The maximum absolute atomic E-state index is 11.9. The molecule has 1 aromatic heterocycles. The van der Waals surface area contributed by atoms with Gasteiger partial charge in [-0.1, -0.05) is 13.3 Å². The van der Waals surface area contributed by atoms with Crippen molar-refractivity contribution in [2.45, 2.75) is 39.7 Å². The normalized spacial score (nSPS) is 17.5. The molecule has 0 saturated heterocycles. The Bertz CT molecular complexity index is 420. The molecule has 1 aromatic rings. The number of amides is 1. The third-order valence-corrected chi connectivity index (χ3v) is 3.57. The van der Waals surface area contributed by atoms with Crippen LogP contribution >= 0.6 is 0 Å². The zero-order valence-electron chi connectivity index (χ0n) is 10.5. The number of carbonyl (C=O) groups excluding carboxylic acids is 1. The van der Waals surface area contributed by atoms with Crippen molar-refractivity contribution in [2.24, 2.45) is 5.41 Å². The SMILES string of the molecule is CCn1cc(N)c(C(=O)NCC2(C)CCC2)n1. The predicted molar refractivity (Wildman–Crippen MR) is 66.6 cm³/mol. The van der Waals surface area contributed by atoms with Gasteiger partial charge < -0.3 is 11.1 Å². The van der Waals surface area contributed by atoms with E-state index in [2.05, 4.69) is 17.3 Å². The van der Waals surface area contributed by atoms with Gasteiger partial charge in [0.2, 0.25) is 0 Å². The van der Waals surface area contributed by atoms with E-state index in [-0.39, 0.29) is 11.3 Å². The standard InChI is InChI=1S/C12H20N4O/c1-3-16-7-9(13)10(15-16)11(17)14-8-12(2)5-4-6-12/h7H,3-6,8,13H2,1-2H3,(H,14,17). The lowest BCUT2D eigenvalue weighted by atomic mass is 9.70. The summed E-state index contributed by atoms with van der Waals surface area (Å²) in [6, 6.07) is 0. The number of aromatic nitrogens is 2. The first-order valence-corrected chi connectivity index (χ1v) is 6.15. The van der Waals surface area contributed by atoms with Gasteiger partial charge >= 0.3 is 0 Å². The lowest BCUT2D eigenvalue weighted by Gasteiger charge is -2.38. The van der Waals surface area contributed by atoms with E-state index in [4.69, 9.17) is 5.73 Å². The molecule has 1 saturated carbocycles. The van der Waals surface area contributed by atoms with Crippen LogP contribution in [0.4, 0.5) is 5.69 Å². The Labute approximate surface area is 101 Å². The van der Waals surface area contributed by atoms with Gasteiger partial charge in [-0.05, 0) is 25.2 Å². The van der Waals surface area contributed by atoms with Crippen LogP contribution in [0.3, 0.4) is 0 Å². The number of anilines is 1. The largest absolute Gasteiger partial charge is 0.396 e. The highest BCUT2D eigenvalue weighted by atomic mass is 16.2. The lowest BCUT2D eigenvalue weighted by Crippen LogP contribution is -2.40. The molecule has 1 heterocycles. The van der Waals surface area contributed by atoms with E-state index >= 15 is 0 Å². The van der Waals surface area contributed by atoms with Crippen LogP contribution in [0, 0.1) is 5.41 Å². The van der Waals surface area contributed by atoms with E-state index in [1.54, 1.807) is 10.9 Å². The van der Waals surface area contributed by atoms with Gasteiger partial charge in [-0.2, -0.15) is 5.10 Å². The third kappa shape index (κ3) is 2.43. The summed E-state index contributed by atoms with van der Waals surface area (Å²) in [4.78, 5) is 11.9. The topological polar surface area (TPSA) is 72.9 Å². The number of carbonyl (C=O) groups is 1. The summed E-state index contributed by atoms with van der Waals surface area (Å²) in [7, 11) is 0. The molecule has 0 radical (unpaired) electrons. The molecule has 3 N–H and O–H groups in total. The number of nitrogens with two attached hydrogens (primary N) is 1. The van der Waals surface area contributed by atoms with Crippen LogP contribution in [0.2, 0.25) is 0 Å². The van der Waals surface area contributed by atoms with E-state index in [1.807, 2.05) is 6.92 Å². The fraction of sp³-hybridized carbons (Fsp3) is 0.667. The Morgan fingerprint density at radius 2 is 2.35 bits per heavy atom. The van der Waals surface area contributed by atoms with Crippen molar-refractivity contribution >= 4 is 11.6 Å². The average Bonchev–Trinajstić information content (AvgIpc) is 2.65. The van der Waals surface area contributed by atoms with E-state index in [9.17, 15) is 4.79 Å². The minimum atomic E-state index is -0.164. The van der Waals surface area contributed by atoms with Gasteiger partial charge in [0.05, 0.1) is 5.69 Å². The number of hydrogen-bond donors (Lipinski definition) is 2. The highest BCUT2D eigenvalue weighted by molar-refractivity contribution is 5.97. The van der Waals surface area contributed by atoms with Gasteiger partial charge in [0.1, 0.15) is 0 Å². The van der Waals surface area contributed by atoms with E-state index in [0.717, 1.165) is 6.54 Å². The van der Waals surface area contributed by atoms with Crippen LogP contribution in [0.5, 0.6) is 0 Å². The maximum atomic E-state index is 11.9. The first kappa shape index (κ1) is 12.0. The summed E-state index contributed by atoms with van der Waals surface area (Å²) >= 11 is 0. The molecule has 94 valence electrons. The molecule has 1 aliphatic carbocycles. The Morgan fingerprint density at radius 3 is 2.82 bits per heavy atom. The van der Waals surface area contributed by atoms with E-state index < -0.39 is 0 Å². The van der Waals surface area contributed by atoms with Crippen molar-refractivity contribution in [3.05, 3.63) is 11.9 Å². The average molecular weight is 236 g/mol. The van der Waals surface area contributed by atoms with E-state index in [1.165, 1.54) is 19.3 Å². The molecule has 5 nitrogen and oxygen atoms in total. The summed E-state index contributed by atoms with van der Waals surface area (Å²) in [5.41, 5.74) is 6.82. The Kier molecular flexibility index (Phi) is 3.09. The molecular weight excluding hydrogens is 216 g/mol. The second kappa shape index (κ2) is 4.39. The molecule has 5 heteroatoms. The van der Waals surface area contributed by atoms with Gasteiger partial charge in [0, 0.05) is 19.3 Å². The lowest BCUT2D eigenvalue weighted by molar-refractivity contribution is 0.0886. The molecule has 0 aromatic carbocycles. The van der Waals surface area contributed by atoms with Gasteiger partial charge in [0.25, 0.3) is 5.91 Å². The van der Waals surface area contributed by atoms with Crippen LogP contribution in [0.15, 0.2) is 6.20 Å². The van der Waals surface area contributed by atoms with Crippen LogP contribution in [0.25, 0.3) is 0 Å². The number of aryl methyl sites for hydroxylation is 1. The fourth-order valence-electron chi connectivity index (χ4n) is 2.11. The molecule has 1 fully saturated rings. The quantitative estimate of drug-likeness (QED) is 0.830. The summed E-state index contributed by atoms with van der Waals surface area (Å²) in [5, 5.41) is 7.08. The first-order valence-electron chi connectivity index (χ1n) is 6.15. The first-order chi connectivity index (χ1) is 8.04.